The van der Waals surface area contributed by atoms with E-state index in [1.165, 1.54) is 12.1 Å². The summed E-state index contributed by atoms with van der Waals surface area (Å²) in [5.41, 5.74) is 3.27. The van der Waals surface area contributed by atoms with Crippen molar-refractivity contribution in [2.75, 3.05) is 11.9 Å². The van der Waals surface area contributed by atoms with Crippen LogP contribution in [0.15, 0.2) is 53.3 Å². The second-order valence-electron chi connectivity index (χ2n) is 5.85. The van der Waals surface area contributed by atoms with Gasteiger partial charge in [-0.05, 0) is 72.9 Å². The largest absolute Gasteiger partial charge is 0.362 e. The highest BCUT2D eigenvalue weighted by atomic mass is 32.1. The Hall–Kier alpha value is -2.73. The molecule has 0 bridgehead atoms. The van der Waals surface area contributed by atoms with Crippen LogP contribution in [0.5, 0.6) is 0 Å². The first-order valence-corrected chi connectivity index (χ1v) is 8.35. The Balaban J connectivity index is 1.60. The van der Waals surface area contributed by atoms with Crippen LogP contribution in [0, 0.1) is 12.7 Å². The third-order valence-electron chi connectivity index (χ3n) is 3.86. The molecule has 128 valence electrons. The molecule has 0 saturated heterocycles. The standard InChI is InChI=1S/C19H18FN3OS/c1-12-2-3-13-11-14(18(24)23-17(13)10-12)8-9-21-19(25)22-16-6-4-15(20)5-7-16/h2-7,10-11H,8-9H2,1H3,(H,23,24)(H2,21,22,25). The number of thiocarbonyl (C=S) groups is 1. The SMILES string of the molecule is Cc1ccc2cc(CCNC(=S)Nc3ccc(F)cc3)c(=O)[nH]c2c1. The molecule has 1 heterocycles. The lowest BCUT2D eigenvalue weighted by atomic mass is 10.1. The number of pyridine rings is 1. The van der Waals surface area contributed by atoms with Gasteiger partial charge in [-0.1, -0.05) is 12.1 Å². The van der Waals surface area contributed by atoms with Crippen LogP contribution in [-0.2, 0) is 6.42 Å². The summed E-state index contributed by atoms with van der Waals surface area (Å²) in [6.07, 6.45) is 0.546. The van der Waals surface area contributed by atoms with Crippen LogP contribution in [0.1, 0.15) is 11.1 Å². The molecule has 1 aromatic heterocycles. The summed E-state index contributed by atoms with van der Waals surface area (Å²) in [6, 6.07) is 13.8. The molecule has 0 amide bonds. The Morgan fingerprint density at radius 3 is 2.68 bits per heavy atom. The highest BCUT2D eigenvalue weighted by Crippen LogP contribution is 2.13. The summed E-state index contributed by atoms with van der Waals surface area (Å²) in [4.78, 5) is 15.1. The predicted molar refractivity (Wildman–Crippen MR) is 104 cm³/mol. The van der Waals surface area contributed by atoms with E-state index in [9.17, 15) is 9.18 Å². The molecule has 0 aliphatic rings. The van der Waals surface area contributed by atoms with Crippen molar-refractivity contribution in [3.8, 4) is 0 Å². The summed E-state index contributed by atoms with van der Waals surface area (Å²) in [6.45, 7) is 2.51. The van der Waals surface area contributed by atoms with Crippen LogP contribution in [0.2, 0.25) is 0 Å². The lowest BCUT2D eigenvalue weighted by molar-refractivity contribution is 0.628. The van der Waals surface area contributed by atoms with E-state index in [2.05, 4.69) is 15.6 Å². The first-order chi connectivity index (χ1) is 12.0. The molecule has 0 fully saturated rings. The molecule has 25 heavy (non-hydrogen) atoms. The molecule has 0 spiro atoms. The minimum Gasteiger partial charge on any atom is -0.362 e. The molecule has 3 N–H and O–H groups in total. The van der Waals surface area contributed by atoms with Gasteiger partial charge in [0.05, 0.1) is 0 Å². The van der Waals surface area contributed by atoms with Crippen molar-refractivity contribution in [2.24, 2.45) is 0 Å². The number of aromatic nitrogens is 1. The Labute approximate surface area is 150 Å². The van der Waals surface area contributed by atoms with E-state index in [1.807, 2.05) is 31.2 Å². The van der Waals surface area contributed by atoms with Gasteiger partial charge < -0.3 is 15.6 Å². The van der Waals surface area contributed by atoms with Gasteiger partial charge in [-0.2, -0.15) is 0 Å². The van der Waals surface area contributed by atoms with E-state index in [-0.39, 0.29) is 11.4 Å². The second kappa shape index (κ2) is 7.44. The Bertz CT molecular complexity index is 967. The highest BCUT2D eigenvalue weighted by Gasteiger charge is 2.04. The fourth-order valence-electron chi connectivity index (χ4n) is 2.56. The van der Waals surface area contributed by atoms with E-state index in [0.29, 0.717) is 29.3 Å². The van der Waals surface area contributed by atoms with Crippen LogP contribution < -0.4 is 16.2 Å². The molecule has 4 nitrogen and oxygen atoms in total. The zero-order valence-corrected chi connectivity index (χ0v) is 14.5. The maximum Gasteiger partial charge on any atom is 0.251 e. The normalized spacial score (nSPS) is 10.6. The summed E-state index contributed by atoms with van der Waals surface area (Å²) >= 11 is 5.21. The van der Waals surface area contributed by atoms with Gasteiger partial charge in [-0.15, -0.1) is 0 Å². The molecular formula is C19H18FN3OS. The first kappa shape index (κ1) is 17.1. The Kier molecular flexibility index (Phi) is 5.09. The van der Waals surface area contributed by atoms with E-state index in [1.54, 1.807) is 12.1 Å². The van der Waals surface area contributed by atoms with Gasteiger partial charge in [0, 0.05) is 23.3 Å². The van der Waals surface area contributed by atoms with Crippen molar-refractivity contribution in [2.45, 2.75) is 13.3 Å². The van der Waals surface area contributed by atoms with Crippen molar-refractivity contribution in [3.63, 3.8) is 0 Å². The average molecular weight is 355 g/mol. The van der Waals surface area contributed by atoms with Gasteiger partial charge in [-0.25, -0.2) is 4.39 Å². The number of rotatable bonds is 4. The van der Waals surface area contributed by atoms with Crippen LogP contribution in [0.25, 0.3) is 10.9 Å². The van der Waals surface area contributed by atoms with Crippen LogP contribution in [0.4, 0.5) is 10.1 Å². The zero-order chi connectivity index (χ0) is 17.8. The van der Waals surface area contributed by atoms with E-state index >= 15 is 0 Å². The smallest absolute Gasteiger partial charge is 0.251 e. The number of nitrogens with one attached hydrogen (secondary N) is 3. The number of H-pyrrole nitrogens is 1. The number of hydrogen-bond donors (Lipinski definition) is 3. The quantitative estimate of drug-likeness (QED) is 0.627. The monoisotopic (exact) mass is 355 g/mol. The zero-order valence-electron chi connectivity index (χ0n) is 13.7. The topological polar surface area (TPSA) is 56.9 Å². The second-order valence-corrected chi connectivity index (χ2v) is 6.26. The number of aryl methyl sites for hydroxylation is 1. The molecule has 2 aromatic carbocycles. The van der Waals surface area contributed by atoms with Crippen LogP contribution >= 0.6 is 12.2 Å². The fourth-order valence-corrected chi connectivity index (χ4v) is 2.78. The molecule has 3 rings (SSSR count). The molecule has 0 radical (unpaired) electrons. The van der Waals surface area contributed by atoms with Gasteiger partial charge in [-0.3, -0.25) is 4.79 Å². The fraction of sp³-hybridized carbons (Fsp3) is 0.158. The Morgan fingerprint density at radius 2 is 1.92 bits per heavy atom. The molecule has 0 aliphatic carbocycles. The number of anilines is 1. The number of hydrogen-bond acceptors (Lipinski definition) is 2. The molecule has 0 unspecified atom stereocenters. The summed E-state index contributed by atoms with van der Waals surface area (Å²) in [5, 5.41) is 7.46. The molecular weight excluding hydrogens is 337 g/mol. The number of aromatic amines is 1. The predicted octanol–water partition coefficient (Wildman–Crippen LogP) is 3.50. The van der Waals surface area contributed by atoms with Crippen molar-refractivity contribution in [3.05, 3.63) is 75.8 Å². The first-order valence-electron chi connectivity index (χ1n) is 7.94. The summed E-state index contributed by atoms with van der Waals surface area (Å²) < 4.78 is 12.9. The van der Waals surface area contributed by atoms with Crippen LogP contribution in [0.3, 0.4) is 0 Å². The van der Waals surface area contributed by atoms with Crippen LogP contribution in [-0.4, -0.2) is 16.6 Å². The lowest BCUT2D eigenvalue weighted by Crippen LogP contribution is -2.31. The number of fused-ring (bicyclic) bond motifs is 1. The van der Waals surface area contributed by atoms with E-state index < -0.39 is 0 Å². The molecule has 6 heteroatoms. The van der Waals surface area contributed by atoms with Crippen molar-refractivity contribution in [1.29, 1.82) is 0 Å². The number of halogens is 1. The van der Waals surface area contributed by atoms with Gasteiger partial charge in [0.2, 0.25) is 0 Å². The summed E-state index contributed by atoms with van der Waals surface area (Å²) in [7, 11) is 0. The molecule has 0 saturated carbocycles. The van der Waals surface area contributed by atoms with Gasteiger partial charge in [0.25, 0.3) is 5.56 Å². The van der Waals surface area contributed by atoms with Gasteiger partial charge in [0.15, 0.2) is 5.11 Å². The lowest BCUT2D eigenvalue weighted by Gasteiger charge is -2.10. The maximum absolute atomic E-state index is 12.9. The number of benzene rings is 2. The van der Waals surface area contributed by atoms with E-state index in [4.69, 9.17) is 12.2 Å². The van der Waals surface area contributed by atoms with Gasteiger partial charge in [0.1, 0.15) is 5.82 Å². The van der Waals surface area contributed by atoms with Gasteiger partial charge >= 0.3 is 0 Å². The molecule has 0 atom stereocenters. The summed E-state index contributed by atoms with van der Waals surface area (Å²) in [5.74, 6) is -0.296. The third kappa shape index (κ3) is 4.42. The minimum absolute atomic E-state index is 0.0858. The van der Waals surface area contributed by atoms with Crippen molar-refractivity contribution >= 4 is 33.9 Å². The Morgan fingerprint density at radius 1 is 1.16 bits per heavy atom. The highest BCUT2D eigenvalue weighted by molar-refractivity contribution is 7.80. The van der Waals surface area contributed by atoms with E-state index in [0.717, 1.165) is 16.5 Å². The van der Waals surface area contributed by atoms with Crippen molar-refractivity contribution in [1.82, 2.24) is 10.3 Å². The minimum atomic E-state index is -0.296. The third-order valence-corrected chi connectivity index (χ3v) is 4.11. The maximum atomic E-state index is 12.9. The molecule has 3 aromatic rings. The van der Waals surface area contributed by atoms with Crippen molar-refractivity contribution < 1.29 is 4.39 Å². The molecule has 0 aliphatic heterocycles. The average Bonchev–Trinajstić information content (AvgIpc) is 2.57.